The van der Waals surface area contributed by atoms with Crippen LogP contribution in [0.25, 0.3) is 0 Å². The Bertz CT molecular complexity index is 236. The minimum atomic E-state index is 0.497. The topological polar surface area (TPSA) is 37.8 Å². The second-order valence-corrected chi connectivity index (χ2v) is 3.64. The predicted molar refractivity (Wildman–Crippen MR) is 59.3 cm³/mol. The minimum absolute atomic E-state index is 0.497. The fourth-order valence-electron chi connectivity index (χ4n) is 1.40. The second-order valence-electron chi connectivity index (χ2n) is 3.64. The molecule has 14 heavy (non-hydrogen) atoms. The molecule has 0 aliphatic carbocycles. The van der Waals surface area contributed by atoms with Crippen LogP contribution in [0.4, 0.5) is 5.82 Å². The van der Waals surface area contributed by atoms with E-state index in [2.05, 4.69) is 29.1 Å². The molecule has 0 aliphatic rings. The average molecular weight is 193 g/mol. The molecule has 3 nitrogen and oxygen atoms in total. The molecule has 0 aliphatic heterocycles. The molecule has 0 bridgehead atoms. The van der Waals surface area contributed by atoms with Gasteiger partial charge in [0.15, 0.2) is 0 Å². The first-order chi connectivity index (χ1) is 6.83. The number of unbranched alkanes of at least 4 members (excludes halogenated alkanes) is 2. The van der Waals surface area contributed by atoms with E-state index in [0.29, 0.717) is 6.04 Å². The van der Waals surface area contributed by atoms with E-state index >= 15 is 0 Å². The van der Waals surface area contributed by atoms with Gasteiger partial charge in [0.2, 0.25) is 0 Å². The Labute approximate surface area is 86.0 Å². The number of rotatable bonds is 6. The third-order valence-electron chi connectivity index (χ3n) is 2.22. The average Bonchev–Trinajstić information content (AvgIpc) is 2.20. The van der Waals surface area contributed by atoms with Crippen molar-refractivity contribution in [1.29, 1.82) is 0 Å². The van der Waals surface area contributed by atoms with Crippen LogP contribution in [0.5, 0.6) is 0 Å². The fourth-order valence-corrected chi connectivity index (χ4v) is 1.40. The highest BCUT2D eigenvalue weighted by molar-refractivity contribution is 5.32. The van der Waals surface area contributed by atoms with Gasteiger partial charge in [-0.1, -0.05) is 26.2 Å². The first-order valence-electron chi connectivity index (χ1n) is 5.35. The van der Waals surface area contributed by atoms with Crippen LogP contribution in [0.1, 0.15) is 39.5 Å². The van der Waals surface area contributed by atoms with Crippen LogP contribution in [-0.2, 0) is 0 Å². The van der Waals surface area contributed by atoms with Crippen molar-refractivity contribution in [3.8, 4) is 0 Å². The highest BCUT2D eigenvalue weighted by atomic mass is 15.0. The molecule has 0 amide bonds. The molecule has 0 radical (unpaired) electrons. The van der Waals surface area contributed by atoms with Gasteiger partial charge in [0.25, 0.3) is 0 Å². The van der Waals surface area contributed by atoms with Gasteiger partial charge < -0.3 is 5.32 Å². The smallest absolute Gasteiger partial charge is 0.129 e. The number of nitrogens with zero attached hydrogens (tertiary/aromatic N) is 2. The van der Waals surface area contributed by atoms with E-state index in [1.807, 2.05) is 6.07 Å². The summed E-state index contributed by atoms with van der Waals surface area (Å²) in [5.41, 5.74) is 0. The Morgan fingerprint density at radius 3 is 2.93 bits per heavy atom. The minimum Gasteiger partial charge on any atom is -0.368 e. The van der Waals surface area contributed by atoms with E-state index in [9.17, 15) is 0 Å². The Kier molecular flexibility index (Phi) is 4.97. The van der Waals surface area contributed by atoms with Crippen molar-refractivity contribution in [1.82, 2.24) is 9.97 Å². The number of aromatic nitrogens is 2. The normalized spacial score (nSPS) is 12.4. The van der Waals surface area contributed by atoms with Crippen LogP contribution < -0.4 is 5.32 Å². The van der Waals surface area contributed by atoms with Crippen LogP contribution in [0.2, 0.25) is 0 Å². The summed E-state index contributed by atoms with van der Waals surface area (Å²) in [6, 6.07) is 2.40. The van der Waals surface area contributed by atoms with Crippen molar-refractivity contribution < 1.29 is 0 Å². The SMILES string of the molecule is CCCCCC(C)Nc1ccncn1. The summed E-state index contributed by atoms with van der Waals surface area (Å²) in [6.45, 7) is 4.42. The van der Waals surface area contributed by atoms with Gasteiger partial charge in [-0.25, -0.2) is 9.97 Å². The van der Waals surface area contributed by atoms with Gasteiger partial charge in [-0.2, -0.15) is 0 Å². The van der Waals surface area contributed by atoms with Gasteiger partial charge in [0, 0.05) is 12.2 Å². The molecule has 0 saturated carbocycles. The van der Waals surface area contributed by atoms with E-state index in [1.54, 1.807) is 12.5 Å². The lowest BCUT2D eigenvalue weighted by molar-refractivity contribution is 0.613. The molecule has 0 aromatic carbocycles. The summed E-state index contributed by atoms with van der Waals surface area (Å²) in [7, 11) is 0. The van der Waals surface area contributed by atoms with Crippen LogP contribution in [0.15, 0.2) is 18.6 Å². The largest absolute Gasteiger partial charge is 0.368 e. The molecule has 1 unspecified atom stereocenters. The highest BCUT2D eigenvalue weighted by Gasteiger charge is 2.01. The number of hydrogen-bond acceptors (Lipinski definition) is 3. The summed E-state index contributed by atoms with van der Waals surface area (Å²) in [4.78, 5) is 8.00. The quantitative estimate of drug-likeness (QED) is 0.706. The van der Waals surface area contributed by atoms with Gasteiger partial charge in [0.1, 0.15) is 12.1 Å². The Balaban J connectivity index is 2.23. The standard InChI is InChI=1S/C11H19N3/c1-3-4-5-6-10(2)14-11-7-8-12-9-13-11/h7-10H,3-6H2,1-2H3,(H,12,13,14). The first-order valence-corrected chi connectivity index (χ1v) is 5.35. The highest BCUT2D eigenvalue weighted by Crippen LogP contribution is 2.08. The third kappa shape index (κ3) is 4.21. The maximum absolute atomic E-state index is 4.12. The summed E-state index contributed by atoms with van der Waals surface area (Å²) in [5, 5.41) is 3.35. The molecule has 3 heteroatoms. The van der Waals surface area contributed by atoms with Gasteiger partial charge in [-0.15, -0.1) is 0 Å². The van der Waals surface area contributed by atoms with Crippen LogP contribution in [0.3, 0.4) is 0 Å². The molecular weight excluding hydrogens is 174 g/mol. The molecule has 1 rings (SSSR count). The van der Waals surface area contributed by atoms with Crippen molar-refractivity contribution in [2.75, 3.05) is 5.32 Å². The molecule has 1 heterocycles. The molecule has 78 valence electrons. The zero-order valence-electron chi connectivity index (χ0n) is 9.03. The fraction of sp³-hybridized carbons (Fsp3) is 0.636. The summed E-state index contributed by atoms with van der Waals surface area (Å²) < 4.78 is 0. The van der Waals surface area contributed by atoms with Crippen LogP contribution >= 0.6 is 0 Å². The molecule has 1 aromatic heterocycles. The lowest BCUT2D eigenvalue weighted by Gasteiger charge is -2.13. The number of hydrogen-bond donors (Lipinski definition) is 1. The van der Waals surface area contributed by atoms with Gasteiger partial charge in [0.05, 0.1) is 0 Å². The van der Waals surface area contributed by atoms with Crippen LogP contribution in [-0.4, -0.2) is 16.0 Å². The predicted octanol–water partition coefficient (Wildman–Crippen LogP) is 2.86. The molecule has 0 saturated heterocycles. The summed E-state index contributed by atoms with van der Waals surface area (Å²) in [5.74, 6) is 0.920. The second kappa shape index (κ2) is 6.35. The van der Waals surface area contributed by atoms with Crippen molar-refractivity contribution in [3.05, 3.63) is 18.6 Å². The van der Waals surface area contributed by atoms with E-state index < -0.39 is 0 Å². The molecule has 0 spiro atoms. The van der Waals surface area contributed by atoms with Gasteiger partial charge in [-0.3, -0.25) is 0 Å². The Morgan fingerprint density at radius 1 is 1.43 bits per heavy atom. The van der Waals surface area contributed by atoms with Crippen LogP contribution in [0, 0.1) is 0 Å². The molecule has 1 aromatic rings. The molecule has 1 atom stereocenters. The molecule has 0 fully saturated rings. The first kappa shape index (κ1) is 11.0. The lowest BCUT2D eigenvalue weighted by atomic mass is 10.1. The maximum Gasteiger partial charge on any atom is 0.129 e. The monoisotopic (exact) mass is 193 g/mol. The van der Waals surface area contributed by atoms with Crippen molar-refractivity contribution in [3.63, 3.8) is 0 Å². The molecule has 1 N–H and O–H groups in total. The Morgan fingerprint density at radius 2 is 2.29 bits per heavy atom. The van der Waals surface area contributed by atoms with Crippen molar-refractivity contribution in [2.24, 2.45) is 0 Å². The van der Waals surface area contributed by atoms with E-state index in [4.69, 9.17) is 0 Å². The van der Waals surface area contributed by atoms with Crippen molar-refractivity contribution >= 4 is 5.82 Å². The summed E-state index contributed by atoms with van der Waals surface area (Å²) >= 11 is 0. The Hall–Kier alpha value is -1.12. The zero-order chi connectivity index (χ0) is 10.2. The summed E-state index contributed by atoms with van der Waals surface area (Å²) in [6.07, 6.45) is 8.42. The number of nitrogens with one attached hydrogen (secondary N) is 1. The van der Waals surface area contributed by atoms with Crippen molar-refractivity contribution in [2.45, 2.75) is 45.6 Å². The van der Waals surface area contributed by atoms with E-state index in [1.165, 1.54) is 25.7 Å². The van der Waals surface area contributed by atoms with E-state index in [0.717, 1.165) is 5.82 Å². The number of anilines is 1. The maximum atomic E-state index is 4.12. The zero-order valence-corrected chi connectivity index (χ0v) is 9.03. The van der Waals surface area contributed by atoms with Gasteiger partial charge >= 0.3 is 0 Å². The van der Waals surface area contributed by atoms with Gasteiger partial charge in [-0.05, 0) is 19.4 Å². The molecular formula is C11H19N3. The van der Waals surface area contributed by atoms with E-state index in [-0.39, 0.29) is 0 Å². The third-order valence-corrected chi connectivity index (χ3v) is 2.22. The lowest BCUT2D eigenvalue weighted by Crippen LogP contribution is -2.15.